The summed E-state index contributed by atoms with van der Waals surface area (Å²) < 4.78 is 0. The average Bonchev–Trinajstić information content (AvgIpc) is 2.61. The van der Waals surface area contributed by atoms with E-state index in [-0.39, 0.29) is 6.03 Å². The Morgan fingerprint density at radius 1 is 1.26 bits per heavy atom. The second kappa shape index (κ2) is 9.07. The Morgan fingerprint density at radius 2 is 2.07 bits per heavy atom. The van der Waals surface area contributed by atoms with Gasteiger partial charge in [-0.1, -0.05) is 41.4 Å². The van der Waals surface area contributed by atoms with Crippen molar-refractivity contribution in [2.45, 2.75) is 32.7 Å². The quantitative estimate of drug-likeness (QED) is 0.765. The summed E-state index contributed by atoms with van der Waals surface area (Å²) in [4.78, 5) is 13.9. The number of hydrogen-bond acceptors (Lipinski definition) is 2. The highest BCUT2D eigenvalue weighted by molar-refractivity contribution is 6.42. The van der Waals surface area contributed by atoms with Crippen LogP contribution in [0.4, 0.5) is 10.5 Å². The molecular formula is C21H26Cl2N3O+. The Labute approximate surface area is 170 Å². The van der Waals surface area contributed by atoms with Crippen LogP contribution < -0.4 is 11.1 Å². The molecule has 1 aliphatic rings. The number of rotatable bonds is 5. The molecular weight excluding hydrogens is 381 g/mol. The van der Waals surface area contributed by atoms with Crippen LogP contribution in [0.25, 0.3) is 0 Å². The average molecular weight is 407 g/mol. The second-order valence-electron chi connectivity index (χ2n) is 7.35. The van der Waals surface area contributed by atoms with Gasteiger partial charge < -0.3 is 0 Å². The lowest BCUT2D eigenvalue weighted by molar-refractivity contribution is -0.242. The molecule has 1 heterocycles. The van der Waals surface area contributed by atoms with Crippen LogP contribution >= 0.6 is 23.2 Å². The van der Waals surface area contributed by atoms with Gasteiger partial charge >= 0.3 is 6.03 Å². The molecule has 2 aromatic carbocycles. The number of amides is 2. The van der Waals surface area contributed by atoms with E-state index in [1.54, 1.807) is 0 Å². The molecule has 0 aromatic heterocycles. The number of halogens is 2. The smallest absolute Gasteiger partial charge is 0.299 e. The second-order valence-corrected chi connectivity index (χ2v) is 8.16. The lowest BCUT2D eigenvalue weighted by Gasteiger charge is -2.33. The highest BCUT2D eigenvalue weighted by Crippen LogP contribution is 2.28. The molecule has 144 valence electrons. The highest BCUT2D eigenvalue weighted by Gasteiger charge is 2.22. The Hall–Kier alpha value is -1.59. The fourth-order valence-electron chi connectivity index (χ4n) is 3.86. The summed E-state index contributed by atoms with van der Waals surface area (Å²) in [5.41, 5.74) is 7.89. The third-order valence-electron chi connectivity index (χ3n) is 5.18. The number of anilines is 1. The largest absolute Gasteiger partial charge is 0.416 e. The molecule has 1 saturated heterocycles. The number of nitrogens with one attached hydrogen (secondary N) is 1. The summed E-state index contributed by atoms with van der Waals surface area (Å²) >= 11 is 12.2. The van der Waals surface area contributed by atoms with Crippen molar-refractivity contribution in [3.8, 4) is 0 Å². The van der Waals surface area contributed by atoms with Crippen molar-refractivity contribution in [2.24, 2.45) is 5.92 Å². The third kappa shape index (κ3) is 5.45. The minimum Gasteiger partial charge on any atom is -0.299 e. The molecule has 1 atom stereocenters. The molecule has 27 heavy (non-hydrogen) atoms. The predicted molar refractivity (Wildman–Crippen MR) is 111 cm³/mol. The lowest BCUT2D eigenvalue weighted by Crippen LogP contribution is -2.59. The summed E-state index contributed by atoms with van der Waals surface area (Å²) in [5.74, 6) is 0.589. The van der Waals surface area contributed by atoms with Crippen molar-refractivity contribution in [1.29, 1.82) is 0 Å². The topological polar surface area (TPSA) is 60.0 Å². The van der Waals surface area contributed by atoms with Gasteiger partial charge in [0.15, 0.2) is 0 Å². The number of nitrogens with zero attached hydrogens (tertiary/aromatic N) is 1. The van der Waals surface area contributed by atoms with E-state index in [0.29, 0.717) is 16.0 Å². The van der Waals surface area contributed by atoms with Crippen LogP contribution in [0, 0.1) is 12.8 Å². The number of piperidine rings is 1. The van der Waals surface area contributed by atoms with Gasteiger partial charge in [0.2, 0.25) is 0 Å². The van der Waals surface area contributed by atoms with Crippen molar-refractivity contribution in [3.05, 3.63) is 63.1 Å². The number of carbonyl (C=O) groups excluding carboxylic acids is 1. The van der Waals surface area contributed by atoms with E-state index in [1.165, 1.54) is 29.5 Å². The van der Waals surface area contributed by atoms with Crippen molar-refractivity contribution in [2.75, 3.05) is 18.4 Å². The van der Waals surface area contributed by atoms with E-state index in [4.69, 9.17) is 23.2 Å². The van der Waals surface area contributed by atoms with Crippen LogP contribution in [0.15, 0.2) is 36.4 Å². The van der Waals surface area contributed by atoms with Crippen LogP contribution in [-0.4, -0.2) is 24.0 Å². The van der Waals surface area contributed by atoms with Gasteiger partial charge in [0.05, 0.1) is 15.7 Å². The first-order valence-electron chi connectivity index (χ1n) is 9.30. The molecule has 4 N–H and O–H groups in total. The van der Waals surface area contributed by atoms with Gasteiger partial charge in [-0.05, 0) is 73.5 Å². The van der Waals surface area contributed by atoms with Gasteiger partial charge in [0.25, 0.3) is 0 Å². The summed E-state index contributed by atoms with van der Waals surface area (Å²) in [6, 6.07) is 11.6. The molecule has 1 unspecified atom stereocenters. The number of urea groups is 1. The van der Waals surface area contributed by atoms with Gasteiger partial charge in [-0.2, -0.15) is 0 Å². The summed E-state index contributed by atoms with van der Waals surface area (Å²) in [6.45, 7) is 5.03. The first-order chi connectivity index (χ1) is 12.9. The number of aryl methyl sites for hydroxylation is 1. The van der Waals surface area contributed by atoms with E-state index >= 15 is 0 Å². The van der Waals surface area contributed by atoms with Gasteiger partial charge in [-0.15, -0.1) is 0 Å². The van der Waals surface area contributed by atoms with Crippen LogP contribution in [0.5, 0.6) is 0 Å². The fourth-order valence-corrected chi connectivity index (χ4v) is 4.19. The predicted octanol–water partition coefficient (Wildman–Crippen LogP) is 4.53. The molecule has 0 spiro atoms. The molecule has 0 aliphatic carbocycles. The highest BCUT2D eigenvalue weighted by atomic mass is 35.5. The van der Waals surface area contributed by atoms with Crippen LogP contribution in [0.2, 0.25) is 10.0 Å². The van der Waals surface area contributed by atoms with Crippen molar-refractivity contribution in [1.82, 2.24) is 4.90 Å². The first kappa shape index (κ1) is 20.2. The fraction of sp³-hybridized carbons (Fsp3) is 0.381. The molecule has 2 aromatic rings. The Kier molecular flexibility index (Phi) is 6.77. The SMILES string of the molecule is Cc1cccc(NC([NH3+])=O)c1CN1CCCC(Cc2ccc(Cl)c(Cl)c2)C1. The molecule has 2 amide bonds. The number of hydrogen-bond donors (Lipinski definition) is 2. The van der Waals surface area contributed by atoms with Crippen molar-refractivity contribution >= 4 is 34.9 Å². The van der Waals surface area contributed by atoms with E-state index in [0.717, 1.165) is 31.7 Å². The van der Waals surface area contributed by atoms with Crippen LogP contribution in [0.3, 0.4) is 0 Å². The Balaban J connectivity index is 1.68. The molecule has 1 aliphatic heterocycles. The molecule has 3 rings (SSSR count). The lowest BCUT2D eigenvalue weighted by atomic mass is 9.91. The van der Waals surface area contributed by atoms with E-state index in [1.807, 2.05) is 24.3 Å². The molecule has 4 nitrogen and oxygen atoms in total. The summed E-state index contributed by atoms with van der Waals surface area (Å²) in [6.07, 6.45) is 3.39. The maximum Gasteiger partial charge on any atom is 0.416 e. The summed E-state index contributed by atoms with van der Waals surface area (Å²) in [5, 5.41) is 4.09. The number of quaternary nitrogens is 1. The zero-order valence-electron chi connectivity index (χ0n) is 15.6. The molecule has 0 bridgehead atoms. The third-order valence-corrected chi connectivity index (χ3v) is 5.92. The Bertz CT molecular complexity index is 825. The standard InChI is InChI=1S/C21H25Cl2N3O/c1-14-4-2-6-20(25-21(24)27)17(14)13-26-9-3-5-16(12-26)10-15-7-8-18(22)19(23)11-15/h2,4,6-8,11,16H,3,5,9-10,12-13H2,1H3,(H3,24,25,27)/p+1. The van der Waals surface area contributed by atoms with Crippen molar-refractivity contribution in [3.63, 3.8) is 0 Å². The van der Waals surface area contributed by atoms with Crippen LogP contribution in [0.1, 0.15) is 29.5 Å². The monoisotopic (exact) mass is 406 g/mol. The van der Waals surface area contributed by atoms with Gasteiger partial charge in [0.1, 0.15) is 0 Å². The van der Waals surface area contributed by atoms with E-state index in [2.05, 4.69) is 35.0 Å². The number of benzene rings is 2. The van der Waals surface area contributed by atoms with Gasteiger partial charge in [-0.25, -0.2) is 4.79 Å². The molecule has 6 heteroatoms. The first-order valence-corrected chi connectivity index (χ1v) is 10.1. The van der Waals surface area contributed by atoms with Crippen LogP contribution in [-0.2, 0) is 13.0 Å². The molecule has 0 saturated carbocycles. The van der Waals surface area contributed by atoms with Crippen molar-refractivity contribution < 1.29 is 10.5 Å². The summed E-state index contributed by atoms with van der Waals surface area (Å²) in [7, 11) is 0. The zero-order chi connectivity index (χ0) is 19.4. The van der Waals surface area contributed by atoms with E-state index < -0.39 is 0 Å². The number of carbonyl (C=O) groups is 1. The molecule has 0 radical (unpaired) electrons. The minimum absolute atomic E-state index is 0.280. The maximum absolute atomic E-state index is 11.4. The Morgan fingerprint density at radius 3 is 2.81 bits per heavy atom. The van der Waals surface area contributed by atoms with Gasteiger partial charge in [-0.3, -0.25) is 16.0 Å². The van der Waals surface area contributed by atoms with Gasteiger partial charge in [0, 0.05) is 13.1 Å². The zero-order valence-corrected chi connectivity index (χ0v) is 17.1. The minimum atomic E-state index is -0.280. The maximum atomic E-state index is 11.4. The normalized spacial score (nSPS) is 17.7. The van der Waals surface area contributed by atoms with E-state index in [9.17, 15) is 4.79 Å². The number of likely N-dealkylation sites (tertiary alicyclic amines) is 1. The molecule has 1 fully saturated rings.